The lowest BCUT2D eigenvalue weighted by atomic mass is 10.1. The van der Waals surface area contributed by atoms with E-state index >= 15 is 0 Å². The first-order valence-electron chi connectivity index (χ1n) is 8.09. The molecule has 0 aromatic heterocycles. The van der Waals surface area contributed by atoms with Gasteiger partial charge in [-0.25, -0.2) is 4.39 Å². The van der Waals surface area contributed by atoms with E-state index < -0.39 is 11.9 Å². The van der Waals surface area contributed by atoms with E-state index in [9.17, 15) is 14.0 Å². The fraction of sp³-hybridized carbons (Fsp3) is 0.263. The molecular formula is C19H19FN2O3. The Morgan fingerprint density at radius 2 is 2.04 bits per heavy atom. The summed E-state index contributed by atoms with van der Waals surface area (Å²) in [6.45, 7) is 3.69. The molecule has 5 nitrogen and oxygen atoms in total. The summed E-state index contributed by atoms with van der Waals surface area (Å²) in [6.07, 6.45) is -0.549. The number of hydrogen-bond donors (Lipinski definition) is 1. The van der Waals surface area contributed by atoms with Crippen LogP contribution in [-0.4, -0.2) is 24.5 Å². The molecule has 25 heavy (non-hydrogen) atoms. The van der Waals surface area contributed by atoms with Gasteiger partial charge < -0.3 is 15.0 Å². The second kappa shape index (κ2) is 6.93. The SMILES string of the molecule is Cc1ccc(F)c(NC(=O)CCN2C(=O)[C@@H](C)Oc3ccccc32)c1. The number of anilines is 2. The van der Waals surface area contributed by atoms with E-state index in [0.717, 1.165) is 5.56 Å². The Balaban J connectivity index is 1.69. The molecule has 0 spiro atoms. The second-order valence-corrected chi connectivity index (χ2v) is 6.00. The van der Waals surface area contributed by atoms with Crippen LogP contribution < -0.4 is 15.0 Å². The van der Waals surface area contributed by atoms with Crippen LogP contribution in [0.2, 0.25) is 0 Å². The highest BCUT2D eigenvalue weighted by Gasteiger charge is 2.31. The number of nitrogens with one attached hydrogen (secondary N) is 1. The van der Waals surface area contributed by atoms with E-state index in [-0.39, 0.29) is 30.5 Å². The Kier molecular flexibility index (Phi) is 4.70. The number of carbonyl (C=O) groups excluding carboxylic acids is 2. The number of nitrogens with zero attached hydrogens (tertiary/aromatic N) is 1. The van der Waals surface area contributed by atoms with Crippen LogP contribution in [0.3, 0.4) is 0 Å². The number of rotatable bonds is 4. The Hall–Kier alpha value is -2.89. The molecule has 0 saturated carbocycles. The monoisotopic (exact) mass is 342 g/mol. The number of amides is 2. The number of aryl methyl sites for hydroxylation is 1. The van der Waals surface area contributed by atoms with Gasteiger partial charge in [0.2, 0.25) is 5.91 Å². The number of ether oxygens (including phenoxy) is 1. The first-order valence-corrected chi connectivity index (χ1v) is 8.09. The molecule has 1 aliphatic rings. The third kappa shape index (κ3) is 3.63. The van der Waals surface area contributed by atoms with Crippen molar-refractivity contribution >= 4 is 23.2 Å². The molecule has 2 aromatic carbocycles. The molecule has 2 aromatic rings. The number of fused-ring (bicyclic) bond motifs is 1. The molecule has 130 valence electrons. The van der Waals surface area contributed by atoms with Gasteiger partial charge >= 0.3 is 0 Å². The van der Waals surface area contributed by atoms with Crippen LogP contribution in [0.1, 0.15) is 18.9 Å². The van der Waals surface area contributed by atoms with Gasteiger partial charge in [-0.2, -0.15) is 0 Å². The van der Waals surface area contributed by atoms with E-state index in [1.165, 1.54) is 11.0 Å². The highest BCUT2D eigenvalue weighted by Crippen LogP contribution is 2.33. The summed E-state index contributed by atoms with van der Waals surface area (Å²) in [5, 5.41) is 2.56. The van der Waals surface area contributed by atoms with Crippen LogP contribution >= 0.6 is 0 Å². The second-order valence-electron chi connectivity index (χ2n) is 6.00. The minimum atomic E-state index is -0.604. The highest BCUT2D eigenvalue weighted by atomic mass is 19.1. The van der Waals surface area contributed by atoms with Crippen LogP contribution in [-0.2, 0) is 9.59 Å². The van der Waals surface area contributed by atoms with Crippen LogP contribution in [0.4, 0.5) is 15.8 Å². The summed E-state index contributed by atoms with van der Waals surface area (Å²) in [6, 6.07) is 11.7. The Bertz CT molecular complexity index is 822. The molecule has 3 rings (SSSR count). The molecule has 1 heterocycles. The van der Waals surface area contributed by atoms with E-state index in [4.69, 9.17) is 4.74 Å². The number of halogens is 1. The fourth-order valence-electron chi connectivity index (χ4n) is 2.75. The molecule has 1 N–H and O–H groups in total. The normalized spacial score (nSPS) is 16.2. The van der Waals surface area contributed by atoms with Crippen molar-refractivity contribution in [3.8, 4) is 5.75 Å². The maximum absolute atomic E-state index is 13.7. The maximum atomic E-state index is 13.7. The molecule has 2 amide bonds. The standard InChI is InChI=1S/C19H19FN2O3/c1-12-7-8-14(20)15(11-12)21-18(23)9-10-22-16-5-3-4-6-17(16)25-13(2)19(22)24/h3-8,11,13H,9-10H2,1-2H3,(H,21,23)/t13-/m1/s1. The lowest BCUT2D eigenvalue weighted by Gasteiger charge is -2.32. The first kappa shape index (κ1) is 17.0. The molecule has 1 atom stereocenters. The number of benzene rings is 2. The molecular weight excluding hydrogens is 323 g/mol. The van der Waals surface area contributed by atoms with Gasteiger partial charge in [0.1, 0.15) is 11.6 Å². The van der Waals surface area contributed by atoms with Crippen LogP contribution in [0.25, 0.3) is 0 Å². The largest absolute Gasteiger partial charge is 0.479 e. The van der Waals surface area contributed by atoms with E-state index in [1.54, 1.807) is 37.3 Å². The van der Waals surface area contributed by atoms with Gasteiger partial charge in [0.15, 0.2) is 6.10 Å². The lowest BCUT2D eigenvalue weighted by molar-refractivity contribution is -0.125. The van der Waals surface area contributed by atoms with Gasteiger partial charge in [0, 0.05) is 13.0 Å². The molecule has 0 radical (unpaired) electrons. The van der Waals surface area contributed by atoms with Crippen molar-refractivity contribution in [3.63, 3.8) is 0 Å². The molecule has 0 saturated heterocycles. The number of hydrogen-bond acceptors (Lipinski definition) is 3. The summed E-state index contributed by atoms with van der Waals surface area (Å²) in [5.41, 5.74) is 1.63. The highest BCUT2D eigenvalue weighted by molar-refractivity contribution is 6.00. The van der Waals surface area contributed by atoms with Gasteiger partial charge in [-0.3, -0.25) is 9.59 Å². The predicted molar refractivity (Wildman–Crippen MR) is 93.3 cm³/mol. The fourth-order valence-corrected chi connectivity index (χ4v) is 2.75. The van der Waals surface area contributed by atoms with Gasteiger partial charge in [-0.15, -0.1) is 0 Å². The third-order valence-corrected chi connectivity index (χ3v) is 4.03. The van der Waals surface area contributed by atoms with Gasteiger partial charge in [0.05, 0.1) is 11.4 Å². The van der Waals surface area contributed by atoms with Crippen molar-refractivity contribution in [2.45, 2.75) is 26.4 Å². The zero-order valence-electron chi connectivity index (χ0n) is 14.1. The van der Waals surface area contributed by atoms with Crippen molar-refractivity contribution in [2.75, 3.05) is 16.8 Å². The summed E-state index contributed by atoms with van der Waals surface area (Å²) < 4.78 is 19.3. The maximum Gasteiger partial charge on any atom is 0.267 e. The lowest BCUT2D eigenvalue weighted by Crippen LogP contribution is -2.45. The summed E-state index contributed by atoms with van der Waals surface area (Å²) in [5.74, 6) is -0.428. The molecule has 1 aliphatic heterocycles. The van der Waals surface area contributed by atoms with Crippen LogP contribution in [0.5, 0.6) is 5.75 Å². The van der Waals surface area contributed by atoms with Gasteiger partial charge in [-0.05, 0) is 43.7 Å². The first-order chi connectivity index (χ1) is 12.0. The third-order valence-electron chi connectivity index (χ3n) is 4.03. The molecule has 0 unspecified atom stereocenters. The molecule has 0 fully saturated rings. The zero-order chi connectivity index (χ0) is 18.0. The Morgan fingerprint density at radius 3 is 2.84 bits per heavy atom. The zero-order valence-corrected chi connectivity index (χ0v) is 14.1. The van der Waals surface area contributed by atoms with Gasteiger partial charge in [-0.1, -0.05) is 18.2 Å². The summed E-state index contributed by atoms with van der Waals surface area (Å²) >= 11 is 0. The van der Waals surface area contributed by atoms with Crippen molar-refractivity contribution in [2.24, 2.45) is 0 Å². The number of para-hydroxylation sites is 2. The topological polar surface area (TPSA) is 58.6 Å². The number of carbonyl (C=O) groups is 2. The minimum absolute atomic E-state index is 0.0557. The average Bonchev–Trinajstić information content (AvgIpc) is 2.58. The van der Waals surface area contributed by atoms with Crippen LogP contribution in [0, 0.1) is 12.7 Å². The van der Waals surface area contributed by atoms with E-state index in [0.29, 0.717) is 11.4 Å². The molecule has 6 heteroatoms. The Morgan fingerprint density at radius 1 is 1.28 bits per heavy atom. The van der Waals surface area contributed by atoms with Crippen molar-refractivity contribution in [1.29, 1.82) is 0 Å². The average molecular weight is 342 g/mol. The van der Waals surface area contributed by atoms with Crippen LogP contribution in [0.15, 0.2) is 42.5 Å². The van der Waals surface area contributed by atoms with E-state index in [2.05, 4.69) is 5.32 Å². The molecule has 0 aliphatic carbocycles. The molecule has 0 bridgehead atoms. The minimum Gasteiger partial charge on any atom is -0.479 e. The Labute approximate surface area is 145 Å². The smallest absolute Gasteiger partial charge is 0.267 e. The van der Waals surface area contributed by atoms with Crippen molar-refractivity contribution < 1.29 is 18.7 Å². The van der Waals surface area contributed by atoms with Crippen molar-refractivity contribution in [3.05, 3.63) is 53.8 Å². The predicted octanol–water partition coefficient (Wildman–Crippen LogP) is 3.28. The van der Waals surface area contributed by atoms with Crippen molar-refractivity contribution in [1.82, 2.24) is 0 Å². The summed E-state index contributed by atoms with van der Waals surface area (Å²) in [4.78, 5) is 26.1. The quantitative estimate of drug-likeness (QED) is 0.928. The summed E-state index contributed by atoms with van der Waals surface area (Å²) in [7, 11) is 0. The van der Waals surface area contributed by atoms with Gasteiger partial charge in [0.25, 0.3) is 5.91 Å². The van der Waals surface area contributed by atoms with E-state index in [1.807, 2.05) is 13.0 Å².